The fourth-order valence-electron chi connectivity index (χ4n) is 3.97. The molecule has 216 valence electrons. The standard InChI is InChI=1S/C23H44ClF2N5O4S2/c1-5-9-11-13-15-17-19-36(32,33)30(25,7-3)22-27-21(24)28-23(29-22)31(26,8-4)37(34,35)20-18-16-14-12-10-6-2/h5-20H2,1-4H3/q+2. The number of nitrogens with zero attached hydrogens (tertiary/aromatic N) is 5. The van der Waals surface area contributed by atoms with Crippen molar-refractivity contribution in [2.75, 3.05) is 24.6 Å². The van der Waals surface area contributed by atoms with Gasteiger partial charge in [0.25, 0.3) is 0 Å². The van der Waals surface area contributed by atoms with Crippen molar-refractivity contribution in [1.82, 2.24) is 23.2 Å². The maximum Gasteiger partial charge on any atom is 0.393 e. The second kappa shape index (κ2) is 15.5. The quantitative estimate of drug-likeness (QED) is 0.129. The van der Waals surface area contributed by atoms with Gasteiger partial charge in [-0.1, -0.05) is 83.0 Å². The van der Waals surface area contributed by atoms with Crippen LogP contribution in [0.5, 0.6) is 0 Å². The molecule has 0 bridgehead atoms. The van der Waals surface area contributed by atoms with Gasteiger partial charge in [0, 0.05) is 17.2 Å². The van der Waals surface area contributed by atoms with E-state index in [-0.39, 0.29) is 12.8 Å². The van der Waals surface area contributed by atoms with E-state index in [1.165, 1.54) is 13.8 Å². The third-order valence-electron chi connectivity index (χ3n) is 6.39. The SMILES string of the molecule is CCCCCCCCS(=O)(=O)[N+](F)(CC)c1nc(Cl)nc([N+](F)(CC)S(=O)(=O)CCCCCCCC)n1. The Labute approximate surface area is 226 Å². The first-order valence-electron chi connectivity index (χ1n) is 13.4. The van der Waals surface area contributed by atoms with Gasteiger partial charge >= 0.3 is 31.9 Å². The average Bonchev–Trinajstić information content (AvgIpc) is 2.86. The van der Waals surface area contributed by atoms with Gasteiger partial charge in [0.05, 0.1) is 0 Å². The summed E-state index contributed by atoms with van der Waals surface area (Å²) >= 11 is 5.92. The molecule has 1 heterocycles. The van der Waals surface area contributed by atoms with E-state index in [1.807, 2.05) is 0 Å². The monoisotopic (exact) mass is 591 g/mol. The molecule has 0 spiro atoms. The second-order valence-corrected chi connectivity index (χ2v) is 13.9. The predicted octanol–water partition coefficient (Wildman–Crippen LogP) is 6.33. The van der Waals surface area contributed by atoms with Gasteiger partial charge in [0.2, 0.25) is 5.28 Å². The van der Waals surface area contributed by atoms with Crippen LogP contribution >= 0.6 is 11.6 Å². The Morgan fingerprint density at radius 2 is 0.919 bits per heavy atom. The Morgan fingerprint density at radius 3 is 1.24 bits per heavy atom. The van der Waals surface area contributed by atoms with E-state index in [0.717, 1.165) is 51.4 Å². The molecule has 0 saturated heterocycles. The zero-order valence-corrected chi connectivity index (χ0v) is 25.0. The first kappa shape index (κ1) is 34.0. The molecule has 0 N–H and O–H groups in total. The molecule has 2 unspecified atom stereocenters. The highest BCUT2D eigenvalue weighted by molar-refractivity contribution is 7.91. The molecule has 0 radical (unpaired) electrons. The predicted molar refractivity (Wildman–Crippen MR) is 146 cm³/mol. The average molecular weight is 592 g/mol. The molecule has 14 heteroatoms. The first-order valence-corrected chi connectivity index (χ1v) is 17.0. The molecule has 1 rings (SSSR count). The Balaban J connectivity index is 3.22. The number of quaternary nitrogens is 2. The minimum Gasteiger partial charge on any atom is -0.170 e. The summed E-state index contributed by atoms with van der Waals surface area (Å²) in [6.07, 6.45) is 9.48. The molecule has 37 heavy (non-hydrogen) atoms. The normalized spacial score (nSPS) is 15.9. The van der Waals surface area contributed by atoms with Gasteiger partial charge in [-0.25, -0.2) is 0 Å². The zero-order valence-electron chi connectivity index (χ0n) is 22.6. The third kappa shape index (κ3) is 9.01. The summed E-state index contributed by atoms with van der Waals surface area (Å²) in [5.74, 6) is -2.84. The van der Waals surface area contributed by atoms with E-state index in [2.05, 4.69) is 28.8 Å². The highest BCUT2D eigenvalue weighted by Crippen LogP contribution is 2.33. The van der Waals surface area contributed by atoms with Crippen LogP contribution in [0.1, 0.15) is 105 Å². The van der Waals surface area contributed by atoms with Crippen LogP contribution in [0, 0.1) is 0 Å². The Morgan fingerprint density at radius 1 is 0.595 bits per heavy atom. The smallest absolute Gasteiger partial charge is 0.170 e. The van der Waals surface area contributed by atoms with Gasteiger partial charge in [0.15, 0.2) is 0 Å². The van der Waals surface area contributed by atoms with Crippen molar-refractivity contribution in [2.24, 2.45) is 0 Å². The number of halogens is 3. The van der Waals surface area contributed by atoms with E-state index in [0.29, 0.717) is 12.8 Å². The third-order valence-corrected chi connectivity index (χ3v) is 10.8. The molecule has 0 aliphatic carbocycles. The molecule has 0 aliphatic rings. The highest BCUT2D eigenvalue weighted by atomic mass is 35.5. The molecule has 2 atom stereocenters. The highest BCUT2D eigenvalue weighted by Gasteiger charge is 2.53. The summed E-state index contributed by atoms with van der Waals surface area (Å²) in [7, 11) is -8.97. The number of hydrogen-bond donors (Lipinski definition) is 0. The van der Waals surface area contributed by atoms with Crippen molar-refractivity contribution in [2.45, 2.75) is 105 Å². The molecule has 0 fully saturated rings. The van der Waals surface area contributed by atoms with Crippen molar-refractivity contribution in [3.63, 3.8) is 0 Å². The van der Waals surface area contributed by atoms with Crippen molar-refractivity contribution in [1.29, 1.82) is 0 Å². The lowest BCUT2D eigenvalue weighted by Crippen LogP contribution is -2.51. The molecular formula is C23H44ClF2N5O4S2+2. The molecule has 0 aliphatic heterocycles. The van der Waals surface area contributed by atoms with Crippen molar-refractivity contribution in [3.05, 3.63) is 5.28 Å². The minimum absolute atomic E-state index is 0.242. The van der Waals surface area contributed by atoms with E-state index in [4.69, 9.17) is 11.6 Å². The maximum absolute atomic E-state index is 16.0. The summed E-state index contributed by atoms with van der Waals surface area (Å²) < 4.78 is 79.6. The van der Waals surface area contributed by atoms with Gasteiger partial charge in [-0.15, -0.1) is 9.97 Å². The molecule has 0 saturated carbocycles. The topological polar surface area (TPSA) is 107 Å². The second-order valence-electron chi connectivity index (χ2n) is 9.25. The number of aromatic nitrogens is 3. The van der Waals surface area contributed by atoms with Crippen LogP contribution in [-0.4, -0.2) is 56.4 Å². The van der Waals surface area contributed by atoms with E-state index in [1.54, 1.807) is 0 Å². The largest absolute Gasteiger partial charge is 0.393 e. The maximum atomic E-state index is 16.0. The summed E-state index contributed by atoms with van der Waals surface area (Å²) in [5, 5.41) is -0.688. The molecule has 0 amide bonds. The van der Waals surface area contributed by atoms with Gasteiger partial charge in [0.1, 0.15) is 24.6 Å². The molecule has 1 aromatic heterocycles. The molecule has 1 aromatic rings. The first-order chi connectivity index (χ1) is 17.3. The minimum atomic E-state index is -4.48. The van der Waals surface area contributed by atoms with Gasteiger partial charge in [-0.3, -0.25) is 0 Å². The molecule has 0 aromatic carbocycles. The summed E-state index contributed by atoms with van der Waals surface area (Å²) in [6.45, 7) is 5.48. The number of unbranched alkanes of at least 4 members (excludes halogenated alkanes) is 10. The summed E-state index contributed by atoms with van der Waals surface area (Å²) in [6, 6.07) is 0. The van der Waals surface area contributed by atoms with E-state index < -0.39 is 70.0 Å². The van der Waals surface area contributed by atoms with Crippen molar-refractivity contribution in [3.8, 4) is 0 Å². The number of sulfonamides is 2. The van der Waals surface area contributed by atoms with Gasteiger partial charge in [-0.05, 0) is 38.3 Å². The Hall–Kier alpha value is -1.02. The van der Waals surface area contributed by atoms with Crippen molar-refractivity contribution >= 4 is 43.5 Å². The van der Waals surface area contributed by atoms with Gasteiger partial charge < -0.3 is 0 Å². The lowest BCUT2D eigenvalue weighted by molar-refractivity contribution is 0.127. The number of hydrogen-bond acceptors (Lipinski definition) is 7. The zero-order chi connectivity index (χ0) is 28.2. The van der Waals surface area contributed by atoms with Crippen LogP contribution in [-0.2, 0) is 20.0 Å². The Kier molecular flexibility index (Phi) is 14.3. The van der Waals surface area contributed by atoms with Crippen molar-refractivity contribution < 1.29 is 25.8 Å². The Bertz CT molecular complexity index is 971. The van der Waals surface area contributed by atoms with Crippen LogP contribution < -0.4 is 8.22 Å². The van der Waals surface area contributed by atoms with E-state index in [9.17, 15) is 16.8 Å². The van der Waals surface area contributed by atoms with Gasteiger partial charge in [-0.2, -0.15) is 16.8 Å². The summed E-state index contributed by atoms with van der Waals surface area (Å²) in [5.41, 5.74) is 0. The molecule has 9 nitrogen and oxygen atoms in total. The number of rotatable bonds is 20. The fourth-order valence-corrected chi connectivity index (χ4v) is 7.29. The van der Waals surface area contributed by atoms with Crippen LogP contribution in [0.2, 0.25) is 5.28 Å². The van der Waals surface area contributed by atoms with E-state index >= 15 is 8.96 Å². The fraction of sp³-hybridized carbons (Fsp3) is 0.870. The van der Waals surface area contributed by atoms with Crippen LogP contribution in [0.15, 0.2) is 0 Å². The van der Waals surface area contributed by atoms with Crippen LogP contribution in [0.4, 0.5) is 20.9 Å². The van der Waals surface area contributed by atoms with Crippen LogP contribution in [0.3, 0.4) is 0 Å². The lowest BCUT2D eigenvalue weighted by atomic mass is 10.1. The molecular weight excluding hydrogens is 548 g/mol. The lowest BCUT2D eigenvalue weighted by Gasteiger charge is -2.24. The van der Waals surface area contributed by atoms with Crippen LogP contribution in [0.25, 0.3) is 0 Å². The summed E-state index contributed by atoms with van der Waals surface area (Å²) in [4.78, 5) is 11.0.